The SMILES string of the molecule is CCCCCCCCCCCCCC(C)(C)N(CC)CC. The lowest BCUT2D eigenvalue weighted by molar-refractivity contribution is 0.122. The van der Waals surface area contributed by atoms with Gasteiger partial charge in [-0.3, -0.25) is 4.90 Å². The zero-order valence-corrected chi connectivity index (χ0v) is 15.8. The average Bonchev–Trinajstić information content (AvgIpc) is 2.45. The van der Waals surface area contributed by atoms with Crippen LogP contribution in [0.2, 0.25) is 0 Å². The van der Waals surface area contributed by atoms with Crippen LogP contribution in [0.5, 0.6) is 0 Å². The molecule has 1 heteroatoms. The Morgan fingerprint density at radius 1 is 0.571 bits per heavy atom. The number of hydrogen-bond acceptors (Lipinski definition) is 1. The molecule has 0 aromatic rings. The first kappa shape index (κ1) is 21.0. The van der Waals surface area contributed by atoms with Crippen LogP contribution in [0.15, 0.2) is 0 Å². The van der Waals surface area contributed by atoms with Crippen molar-refractivity contribution < 1.29 is 0 Å². The van der Waals surface area contributed by atoms with Gasteiger partial charge in [0, 0.05) is 5.54 Å². The second-order valence-electron chi connectivity index (χ2n) is 7.27. The lowest BCUT2D eigenvalue weighted by atomic mass is 9.94. The van der Waals surface area contributed by atoms with Gasteiger partial charge in [-0.1, -0.05) is 91.4 Å². The molecule has 0 saturated carbocycles. The van der Waals surface area contributed by atoms with E-state index in [1.54, 1.807) is 0 Å². The Bertz CT molecular complexity index is 206. The minimum absolute atomic E-state index is 0.392. The van der Waals surface area contributed by atoms with E-state index in [2.05, 4.69) is 39.5 Å². The Kier molecular flexibility index (Phi) is 13.6. The third kappa shape index (κ3) is 11.2. The third-order valence-electron chi connectivity index (χ3n) is 5.01. The van der Waals surface area contributed by atoms with Crippen molar-refractivity contribution in [2.24, 2.45) is 0 Å². The first-order chi connectivity index (χ1) is 10.1. The topological polar surface area (TPSA) is 3.24 Å². The number of unbranched alkanes of at least 4 members (excludes halogenated alkanes) is 10. The van der Waals surface area contributed by atoms with E-state index in [1.807, 2.05) is 0 Å². The van der Waals surface area contributed by atoms with Crippen molar-refractivity contribution in [3.8, 4) is 0 Å². The van der Waals surface area contributed by atoms with Crippen LogP contribution in [0.25, 0.3) is 0 Å². The molecule has 0 aromatic heterocycles. The van der Waals surface area contributed by atoms with E-state index in [9.17, 15) is 0 Å². The summed E-state index contributed by atoms with van der Waals surface area (Å²) in [6.45, 7) is 14.1. The van der Waals surface area contributed by atoms with Crippen molar-refractivity contribution >= 4 is 0 Å². The summed E-state index contributed by atoms with van der Waals surface area (Å²) >= 11 is 0. The van der Waals surface area contributed by atoms with Gasteiger partial charge >= 0.3 is 0 Å². The van der Waals surface area contributed by atoms with Crippen LogP contribution in [-0.2, 0) is 0 Å². The lowest BCUT2D eigenvalue weighted by Gasteiger charge is -2.37. The molecule has 0 atom stereocenters. The molecule has 0 heterocycles. The molecule has 0 amide bonds. The molecular formula is C20H43N. The van der Waals surface area contributed by atoms with Gasteiger partial charge in [0.2, 0.25) is 0 Å². The van der Waals surface area contributed by atoms with Crippen LogP contribution in [-0.4, -0.2) is 23.5 Å². The van der Waals surface area contributed by atoms with Crippen molar-refractivity contribution in [1.29, 1.82) is 0 Å². The molecule has 0 aliphatic rings. The summed E-state index contributed by atoms with van der Waals surface area (Å²) in [5, 5.41) is 0. The van der Waals surface area contributed by atoms with Crippen molar-refractivity contribution in [3.05, 3.63) is 0 Å². The van der Waals surface area contributed by atoms with Crippen molar-refractivity contribution in [1.82, 2.24) is 4.90 Å². The minimum atomic E-state index is 0.392. The maximum Gasteiger partial charge on any atom is 0.0153 e. The monoisotopic (exact) mass is 297 g/mol. The molecule has 128 valence electrons. The molecule has 0 aromatic carbocycles. The second kappa shape index (κ2) is 13.6. The zero-order valence-electron chi connectivity index (χ0n) is 15.8. The molecule has 0 fully saturated rings. The molecule has 1 nitrogen and oxygen atoms in total. The highest BCUT2D eigenvalue weighted by atomic mass is 15.2. The molecule has 0 spiro atoms. The van der Waals surface area contributed by atoms with Crippen molar-refractivity contribution in [2.75, 3.05) is 13.1 Å². The third-order valence-corrected chi connectivity index (χ3v) is 5.01. The highest BCUT2D eigenvalue weighted by Gasteiger charge is 2.23. The van der Waals surface area contributed by atoms with Gasteiger partial charge in [0.25, 0.3) is 0 Å². The van der Waals surface area contributed by atoms with E-state index in [0.717, 1.165) is 0 Å². The van der Waals surface area contributed by atoms with Crippen molar-refractivity contribution in [3.63, 3.8) is 0 Å². The van der Waals surface area contributed by atoms with Gasteiger partial charge in [-0.2, -0.15) is 0 Å². The second-order valence-corrected chi connectivity index (χ2v) is 7.27. The fourth-order valence-electron chi connectivity index (χ4n) is 3.46. The minimum Gasteiger partial charge on any atom is -0.299 e. The predicted octanol–water partition coefficient (Wildman–Crippen LogP) is 6.81. The van der Waals surface area contributed by atoms with Crippen LogP contribution in [0.1, 0.15) is 112 Å². The summed E-state index contributed by atoms with van der Waals surface area (Å²) < 4.78 is 0. The van der Waals surface area contributed by atoms with Crippen LogP contribution in [0.4, 0.5) is 0 Å². The van der Waals surface area contributed by atoms with Gasteiger partial charge in [-0.25, -0.2) is 0 Å². The van der Waals surface area contributed by atoms with E-state index < -0.39 is 0 Å². The number of nitrogens with zero attached hydrogens (tertiary/aromatic N) is 1. The molecule has 0 radical (unpaired) electrons. The number of hydrogen-bond donors (Lipinski definition) is 0. The van der Waals surface area contributed by atoms with Gasteiger partial charge in [-0.15, -0.1) is 0 Å². The molecular weight excluding hydrogens is 254 g/mol. The molecule has 0 aliphatic carbocycles. The van der Waals surface area contributed by atoms with Crippen LogP contribution in [0, 0.1) is 0 Å². The normalized spacial score (nSPS) is 12.3. The van der Waals surface area contributed by atoms with Gasteiger partial charge < -0.3 is 0 Å². The van der Waals surface area contributed by atoms with Crippen LogP contribution >= 0.6 is 0 Å². The van der Waals surface area contributed by atoms with Crippen molar-refractivity contribution in [2.45, 2.75) is 117 Å². The highest BCUT2D eigenvalue weighted by molar-refractivity contribution is 4.79. The fraction of sp³-hybridized carbons (Fsp3) is 1.00. The Morgan fingerprint density at radius 3 is 1.33 bits per heavy atom. The largest absolute Gasteiger partial charge is 0.299 e. The van der Waals surface area contributed by atoms with E-state index in [-0.39, 0.29) is 0 Å². The van der Waals surface area contributed by atoms with Crippen LogP contribution in [0.3, 0.4) is 0 Å². The van der Waals surface area contributed by atoms with Gasteiger partial charge in [-0.05, 0) is 33.4 Å². The Morgan fingerprint density at radius 2 is 0.952 bits per heavy atom. The highest BCUT2D eigenvalue weighted by Crippen LogP contribution is 2.22. The van der Waals surface area contributed by atoms with Gasteiger partial charge in [0.1, 0.15) is 0 Å². The van der Waals surface area contributed by atoms with E-state index in [4.69, 9.17) is 0 Å². The van der Waals surface area contributed by atoms with E-state index in [1.165, 1.54) is 90.1 Å². The summed E-state index contributed by atoms with van der Waals surface area (Å²) in [5.74, 6) is 0. The van der Waals surface area contributed by atoms with Gasteiger partial charge in [0.05, 0.1) is 0 Å². The summed E-state index contributed by atoms with van der Waals surface area (Å²) in [7, 11) is 0. The average molecular weight is 298 g/mol. The van der Waals surface area contributed by atoms with E-state index >= 15 is 0 Å². The van der Waals surface area contributed by atoms with Crippen LogP contribution < -0.4 is 0 Å². The molecule has 0 rings (SSSR count). The Hall–Kier alpha value is -0.0400. The summed E-state index contributed by atoms with van der Waals surface area (Å²) in [6, 6.07) is 0. The van der Waals surface area contributed by atoms with E-state index in [0.29, 0.717) is 5.54 Å². The maximum atomic E-state index is 2.60. The molecule has 0 aliphatic heterocycles. The summed E-state index contributed by atoms with van der Waals surface area (Å²) in [4.78, 5) is 2.60. The summed E-state index contributed by atoms with van der Waals surface area (Å²) in [6.07, 6.45) is 17.2. The smallest absolute Gasteiger partial charge is 0.0153 e. The molecule has 0 N–H and O–H groups in total. The Balaban J connectivity index is 3.39. The fourth-order valence-corrected chi connectivity index (χ4v) is 3.46. The summed E-state index contributed by atoms with van der Waals surface area (Å²) in [5.41, 5.74) is 0.392. The Labute approximate surface area is 135 Å². The first-order valence-corrected chi connectivity index (χ1v) is 9.83. The first-order valence-electron chi connectivity index (χ1n) is 9.83. The number of rotatable bonds is 15. The standard InChI is InChI=1S/C20H43N/c1-6-9-10-11-12-13-14-15-16-17-18-19-20(4,5)21(7-2)8-3/h6-19H2,1-5H3. The molecule has 0 bridgehead atoms. The molecule has 21 heavy (non-hydrogen) atoms. The quantitative estimate of drug-likeness (QED) is 0.300. The van der Waals surface area contributed by atoms with Gasteiger partial charge in [0.15, 0.2) is 0 Å². The molecule has 0 saturated heterocycles. The lowest BCUT2D eigenvalue weighted by Crippen LogP contribution is -2.43. The predicted molar refractivity (Wildman–Crippen MR) is 98.1 cm³/mol. The molecule has 0 unspecified atom stereocenters. The maximum absolute atomic E-state index is 2.60. The zero-order chi connectivity index (χ0) is 16.0.